The van der Waals surface area contributed by atoms with Crippen molar-refractivity contribution < 1.29 is 9.15 Å². The summed E-state index contributed by atoms with van der Waals surface area (Å²) in [7, 11) is 0. The fourth-order valence-electron chi connectivity index (χ4n) is 1.49. The van der Waals surface area contributed by atoms with E-state index in [1.165, 1.54) is 6.07 Å². The van der Waals surface area contributed by atoms with Crippen LogP contribution in [0, 0.1) is 0 Å². The van der Waals surface area contributed by atoms with Crippen molar-refractivity contribution in [3.8, 4) is 5.75 Å². The zero-order valence-electron chi connectivity index (χ0n) is 9.64. The quantitative estimate of drug-likeness (QED) is 0.604. The fourth-order valence-corrected chi connectivity index (χ4v) is 1.98. The first-order chi connectivity index (χ1) is 8.29. The van der Waals surface area contributed by atoms with Crippen LogP contribution in [0.15, 0.2) is 39.5 Å². The van der Waals surface area contributed by atoms with Crippen LogP contribution in [-0.2, 0) is 0 Å². The van der Waals surface area contributed by atoms with Gasteiger partial charge in [0.05, 0.1) is 6.61 Å². The zero-order valence-corrected chi connectivity index (χ0v) is 10.5. The topological polar surface area (TPSA) is 39.4 Å². The summed E-state index contributed by atoms with van der Waals surface area (Å²) < 4.78 is 10.7. The molecule has 0 aliphatic rings. The van der Waals surface area contributed by atoms with Gasteiger partial charge < -0.3 is 9.15 Å². The second-order valence-electron chi connectivity index (χ2n) is 3.50. The van der Waals surface area contributed by atoms with Crippen LogP contribution in [0.4, 0.5) is 0 Å². The summed E-state index contributed by atoms with van der Waals surface area (Å²) in [6.45, 7) is 2.79. The van der Waals surface area contributed by atoms with Crippen molar-refractivity contribution in [3.05, 3.63) is 40.8 Å². The predicted molar refractivity (Wildman–Crippen MR) is 71.0 cm³/mol. The Labute approximate surface area is 104 Å². The van der Waals surface area contributed by atoms with E-state index < -0.39 is 0 Å². The third-order valence-corrected chi connectivity index (χ3v) is 3.16. The van der Waals surface area contributed by atoms with Gasteiger partial charge >= 0.3 is 5.63 Å². The van der Waals surface area contributed by atoms with Crippen molar-refractivity contribution in [2.24, 2.45) is 0 Å². The lowest BCUT2D eigenvalue weighted by molar-refractivity contribution is 0.344. The molecule has 0 unspecified atom stereocenters. The number of hydrogen-bond acceptors (Lipinski definition) is 4. The van der Waals surface area contributed by atoms with E-state index in [9.17, 15) is 4.79 Å². The van der Waals surface area contributed by atoms with E-state index in [4.69, 9.17) is 9.15 Å². The van der Waals surface area contributed by atoms with Crippen molar-refractivity contribution in [3.63, 3.8) is 0 Å². The molecule has 0 amide bonds. The van der Waals surface area contributed by atoms with Crippen LogP contribution in [0.2, 0.25) is 0 Å². The standard InChI is InChI=1S/C13H14O3S/c1-2-17-8-7-15-11-5-3-10-4-6-13(14)16-12(10)9-11/h3-6,9H,2,7-8H2,1H3. The van der Waals surface area contributed by atoms with Crippen LogP contribution in [0.3, 0.4) is 0 Å². The number of ether oxygens (including phenoxy) is 1. The molecule has 0 saturated heterocycles. The molecule has 0 atom stereocenters. The van der Waals surface area contributed by atoms with Crippen molar-refractivity contribution in [1.82, 2.24) is 0 Å². The van der Waals surface area contributed by atoms with Gasteiger partial charge in [0.25, 0.3) is 0 Å². The summed E-state index contributed by atoms with van der Waals surface area (Å²) in [4.78, 5) is 11.1. The molecule has 4 heteroatoms. The molecule has 17 heavy (non-hydrogen) atoms. The highest BCUT2D eigenvalue weighted by Gasteiger charge is 2.00. The van der Waals surface area contributed by atoms with Crippen LogP contribution < -0.4 is 10.4 Å². The largest absolute Gasteiger partial charge is 0.493 e. The molecule has 0 radical (unpaired) electrons. The minimum atomic E-state index is -0.337. The lowest BCUT2D eigenvalue weighted by Crippen LogP contribution is -2.00. The molecule has 3 nitrogen and oxygen atoms in total. The Morgan fingerprint density at radius 3 is 2.94 bits per heavy atom. The highest BCUT2D eigenvalue weighted by Crippen LogP contribution is 2.19. The summed E-state index contributed by atoms with van der Waals surface area (Å²) in [5.74, 6) is 2.80. The summed E-state index contributed by atoms with van der Waals surface area (Å²) in [6, 6.07) is 8.70. The van der Waals surface area contributed by atoms with E-state index >= 15 is 0 Å². The van der Waals surface area contributed by atoms with Crippen molar-refractivity contribution >= 4 is 22.7 Å². The Morgan fingerprint density at radius 2 is 2.12 bits per heavy atom. The molecule has 0 aliphatic carbocycles. The van der Waals surface area contributed by atoms with Gasteiger partial charge in [-0.05, 0) is 24.0 Å². The molecule has 0 aliphatic heterocycles. The molecule has 1 heterocycles. The Hall–Kier alpha value is -1.42. The van der Waals surface area contributed by atoms with E-state index in [-0.39, 0.29) is 5.63 Å². The fraction of sp³-hybridized carbons (Fsp3) is 0.308. The molecule has 90 valence electrons. The van der Waals surface area contributed by atoms with Gasteiger partial charge in [-0.3, -0.25) is 0 Å². The lowest BCUT2D eigenvalue weighted by atomic mass is 10.2. The van der Waals surface area contributed by atoms with E-state index in [2.05, 4.69) is 6.92 Å². The monoisotopic (exact) mass is 250 g/mol. The summed E-state index contributed by atoms with van der Waals surface area (Å²) in [6.07, 6.45) is 0. The highest BCUT2D eigenvalue weighted by atomic mass is 32.2. The molecule has 0 spiro atoms. The van der Waals surface area contributed by atoms with Crippen LogP contribution in [0.5, 0.6) is 5.75 Å². The van der Waals surface area contributed by atoms with Crippen LogP contribution in [0.25, 0.3) is 11.0 Å². The van der Waals surface area contributed by atoms with Crippen molar-refractivity contribution in [2.45, 2.75) is 6.92 Å². The predicted octanol–water partition coefficient (Wildman–Crippen LogP) is 2.92. The second-order valence-corrected chi connectivity index (χ2v) is 4.89. The maximum Gasteiger partial charge on any atom is 0.336 e. The molecule has 2 aromatic rings. The Morgan fingerprint density at radius 1 is 1.29 bits per heavy atom. The molecular formula is C13H14O3S. The Bertz CT molecular complexity index is 548. The summed E-state index contributed by atoms with van der Waals surface area (Å²) in [5.41, 5.74) is 0.231. The molecule has 0 N–H and O–H groups in total. The molecule has 0 bridgehead atoms. The maximum atomic E-state index is 11.1. The van der Waals surface area contributed by atoms with Gasteiger partial charge in [0.1, 0.15) is 11.3 Å². The molecule has 0 saturated carbocycles. The molecular weight excluding hydrogens is 236 g/mol. The number of rotatable bonds is 5. The lowest BCUT2D eigenvalue weighted by Gasteiger charge is -2.05. The third-order valence-electron chi connectivity index (χ3n) is 2.30. The number of hydrogen-bond donors (Lipinski definition) is 0. The van der Waals surface area contributed by atoms with Gasteiger partial charge in [-0.15, -0.1) is 0 Å². The number of benzene rings is 1. The summed E-state index contributed by atoms with van der Waals surface area (Å²) >= 11 is 1.83. The van der Waals surface area contributed by atoms with Gasteiger partial charge in [0.2, 0.25) is 0 Å². The van der Waals surface area contributed by atoms with Gasteiger partial charge in [0.15, 0.2) is 0 Å². The number of fused-ring (bicyclic) bond motifs is 1. The molecule has 0 fully saturated rings. The molecule has 1 aromatic carbocycles. The maximum absolute atomic E-state index is 11.1. The minimum Gasteiger partial charge on any atom is -0.493 e. The first kappa shape index (κ1) is 12.0. The second kappa shape index (κ2) is 5.77. The van der Waals surface area contributed by atoms with Gasteiger partial charge in [-0.1, -0.05) is 6.92 Å². The Balaban J connectivity index is 2.11. The van der Waals surface area contributed by atoms with E-state index in [0.29, 0.717) is 12.2 Å². The first-order valence-corrected chi connectivity index (χ1v) is 6.69. The minimum absolute atomic E-state index is 0.337. The first-order valence-electron chi connectivity index (χ1n) is 5.54. The number of thioether (sulfide) groups is 1. The van der Waals surface area contributed by atoms with E-state index in [1.807, 2.05) is 23.9 Å². The SMILES string of the molecule is CCSCCOc1ccc2ccc(=O)oc2c1. The molecule has 1 aromatic heterocycles. The average molecular weight is 250 g/mol. The zero-order chi connectivity index (χ0) is 12.1. The highest BCUT2D eigenvalue weighted by molar-refractivity contribution is 7.99. The summed E-state index contributed by atoms with van der Waals surface area (Å²) in [5, 5.41) is 0.903. The van der Waals surface area contributed by atoms with Crippen LogP contribution >= 0.6 is 11.8 Å². The van der Waals surface area contributed by atoms with Crippen molar-refractivity contribution in [1.29, 1.82) is 0 Å². The van der Waals surface area contributed by atoms with Gasteiger partial charge in [-0.25, -0.2) is 4.79 Å². The average Bonchev–Trinajstić information content (AvgIpc) is 2.34. The van der Waals surface area contributed by atoms with E-state index in [1.54, 1.807) is 12.1 Å². The normalized spacial score (nSPS) is 10.6. The Kier molecular flexibility index (Phi) is 4.09. The smallest absolute Gasteiger partial charge is 0.336 e. The van der Waals surface area contributed by atoms with Crippen LogP contribution in [-0.4, -0.2) is 18.1 Å². The third kappa shape index (κ3) is 3.27. The van der Waals surface area contributed by atoms with Crippen molar-refractivity contribution in [2.75, 3.05) is 18.1 Å². The van der Waals surface area contributed by atoms with E-state index in [0.717, 1.165) is 22.6 Å². The molecule has 2 rings (SSSR count). The van der Waals surface area contributed by atoms with Gasteiger partial charge in [0, 0.05) is 23.3 Å². The van der Waals surface area contributed by atoms with Crippen LogP contribution in [0.1, 0.15) is 6.92 Å². The van der Waals surface area contributed by atoms with Gasteiger partial charge in [-0.2, -0.15) is 11.8 Å².